The summed E-state index contributed by atoms with van der Waals surface area (Å²) < 4.78 is 1.83. The summed E-state index contributed by atoms with van der Waals surface area (Å²) in [5.41, 5.74) is 1.55. The van der Waals surface area contributed by atoms with E-state index in [0.29, 0.717) is 18.7 Å². The Morgan fingerprint density at radius 2 is 2.00 bits per heavy atom. The number of hydrogen-bond donors (Lipinski definition) is 2. The predicted octanol–water partition coefficient (Wildman–Crippen LogP) is 1.32. The molecule has 0 unspecified atom stereocenters. The number of amides is 3. The molecule has 2 N–H and O–H groups in total. The highest BCUT2D eigenvalue weighted by atomic mass is 16.2. The highest BCUT2D eigenvalue weighted by Gasteiger charge is 2.48. The van der Waals surface area contributed by atoms with Crippen LogP contribution in [0.25, 0.3) is 0 Å². The van der Waals surface area contributed by atoms with Gasteiger partial charge in [0.15, 0.2) is 5.78 Å². The van der Waals surface area contributed by atoms with Crippen LogP contribution in [-0.2, 0) is 11.3 Å². The number of ketones is 1. The summed E-state index contributed by atoms with van der Waals surface area (Å²) >= 11 is 0. The summed E-state index contributed by atoms with van der Waals surface area (Å²) in [5.74, 6) is -0.286. The Morgan fingerprint density at radius 3 is 2.77 bits per heavy atom. The fraction of sp³-hybridized carbons (Fsp3) is 0.316. The van der Waals surface area contributed by atoms with Crippen molar-refractivity contribution in [2.45, 2.75) is 31.1 Å². The summed E-state index contributed by atoms with van der Waals surface area (Å²) in [6, 6.07) is 11.5. The van der Waals surface area contributed by atoms with Crippen molar-refractivity contribution in [3.8, 4) is 0 Å². The largest absolute Gasteiger partial charge is 0.343 e. The standard InChI is InChI=1S/C19H20N4O3/c1-22(11-12-6-3-2-4-7-12)19(26)21-17-15(24)10-14-16(17)20-18(25)13-8-5-9-23(13)14/h2-9,14,16-17H,10-11H2,1H3,(H,20,25)(H,21,26)/t14-,16-,17-/m1/s1. The van der Waals surface area contributed by atoms with Gasteiger partial charge in [0, 0.05) is 26.2 Å². The van der Waals surface area contributed by atoms with E-state index in [1.54, 1.807) is 19.2 Å². The van der Waals surface area contributed by atoms with Gasteiger partial charge >= 0.3 is 6.03 Å². The zero-order valence-corrected chi connectivity index (χ0v) is 14.4. The first kappa shape index (κ1) is 16.4. The number of rotatable bonds is 3. The van der Waals surface area contributed by atoms with Crippen molar-refractivity contribution < 1.29 is 14.4 Å². The molecule has 1 aliphatic carbocycles. The lowest BCUT2D eigenvalue weighted by atomic mass is 10.1. The second kappa shape index (κ2) is 6.33. The quantitative estimate of drug-likeness (QED) is 0.874. The van der Waals surface area contributed by atoms with Crippen molar-refractivity contribution in [1.29, 1.82) is 0 Å². The lowest BCUT2D eigenvalue weighted by Crippen LogP contribution is -2.57. The number of urea groups is 1. The second-order valence-electron chi connectivity index (χ2n) is 6.81. The number of fused-ring (bicyclic) bond motifs is 3. The van der Waals surface area contributed by atoms with E-state index in [4.69, 9.17) is 0 Å². The number of nitrogens with one attached hydrogen (secondary N) is 2. The van der Waals surface area contributed by atoms with E-state index in [-0.39, 0.29) is 23.8 Å². The maximum absolute atomic E-state index is 12.5. The van der Waals surface area contributed by atoms with E-state index < -0.39 is 12.1 Å². The third-order valence-electron chi connectivity index (χ3n) is 5.09. The van der Waals surface area contributed by atoms with E-state index in [2.05, 4.69) is 10.6 Å². The van der Waals surface area contributed by atoms with Crippen LogP contribution in [0.15, 0.2) is 48.7 Å². The first-order chi connectivity index (χ1) is 12.5. The Balaban J connectivity index is 1.47. The molecule has 1 aromatic heterocycles. The minimum Gasteiger partial charge on any atom is -0.343 e. The number of nitrogens with zero attached hydrogens (tertiary/aromatic N) is 2. The van der Waals surface area contributed by atoms with E-state index in [0.717, 1.165) is 5.56 Å². The van der Waals surface area contributed by atoms with Crippen LogP contribution >= 0.6 is 0 Å². The number of Topliss-reactive ketones (excluding diaryl/α,β-unsaturated/α-hetero) is 1. The summed E-state index contributed by atoms with van der Waals surface area (Å²) in [7, 11) is 1.68. The molecule has 1 aromatic carbocycles. The van der Waals surface area contributed by atoms with Crippen LogP contribution in [-0.4, -0.2) is 46.3 Å². The number of benzene rings is 1. The van der Waals surface area contributed by atoms with Crippen molar-refractivity contribution in [1.82, 2.24) is 20.1 Å². The molecule has 3 amide bonds. The Morgan fingerprint density at radius 1 is 1.23 bits per heavy atom. The maximum atomic E-state index is 12.5. The van der Waals surface area contributed by atoms with Crippen LogP contribution in [0.1, 0.15) is 28.5 Å². The lowest BCUT2D eigenvalue weighted by molar-refractivity contribution is -0.119. The molecule has 4 rings (SSSR count). The minimum absolute atomic E-state index is 0.0664. The SMILES string of the molecule is CN(Cc1ccccc1)C(=O)N[C@@H]1C(=O)C[C@@H]2[C@H]1NC(=O)c1cccn12. The Kier molecular flexibility index (Phi) is 3.99. The predicted molar refractivity (Wildman–Crippen MR) is 94.6 cm³/mol. The molecule has 2 aliphatic rings. The molecule has 3 atom stereocenters. The fourth-order valence-electron chi connectivity index (χ4n) is 3.78. The van der Waals surface area contributed by atoms with E-state index >= 15 is 0 Å². The topological polar surface area (TPSA) is 83.4 Å². The van der Waals surface area contributed by atoms with Gasteiger partial charge in [0.05, 0.1) is 12.1 Å². The Hall–Kier alpha value is -3.09. The van der Waals surface area contributed by atoms with Crippen LogP contribution in [0.5, 0.6) is 0 Å². The molecule has 7 heteroatoms. The van der Waals surface area contributed by atoms with Crippen molar-refractivity contribution in [2.75, 3.05) is 7.05 Å². The normalized spacial score (nSPS) is 23.8. The molecule has 1 aliphatic heterocycles. The van der Waals surface area contributed by atoms with Gasteiger partial charge in [-0.25, -0.2) is 4.79 Å². The van der Waals surface area contributed by atoms with Crippen molar-refractivity contribution in [2.24, 2.45) is 0 Å². The number of aromatic nitrogens is 1. The first-order valence-electron chi connectivity index (χ1n) is 8.60. The van der Waals surface area contributed by atoms with Crippen LogP contribution < -0.4 is 10.6 Å². The average molecular weight is 352 g/mol. The van der Waals surface area contributed by atoms with Crippen LogP contribution in [0.3, 0.4) is 0 Å². The molecular weight excluding hydrogens is 332 g/mol. The zero-order valence-electron chi connectivity index (χ0n) is 14.4. The van der Waals surface area contributed by atoms with E-state index in [1.807, 2.05) is 41.1 Å². The molecule has 0 radical (unpaired) electrons. The molecule has 1 fully saturated rings. The number of hydrogen-bond acceptors (Lipinski definition) is 3. The molecule has 2 aromatic rings. The summed E-state index contributed by atoms with van der Waals surface area (Å²) in [4.78, 5) is 38.8. The molecule has 2 heterocycles. The van der Waals surface area contributed by atoms with Gasteiger partial charge in [-0.05, 0) is 17.7 Å². The summed E-state index contributed by atoms with van der Waals surface area (Å²) in [6.07, 6.45) is 2.10. The zero-order chi connectivity index (χ0) is 18.3. The number of carbonyl (C=O) groups excluding carboxylic acids is 3. The Labute approximate surface area is 151 Å². The van der Waals surface area contributed by atoms with Crippen LogP contribution in [0.2, 0.25) is 0 Å². The lowest BCUT2D eigenvalue weighted by Gasteiger charge is -2.32. The highest BCUT2D eigenvalue weighted by molar-refractivity contribution is 5.98. The van der Waals surface area contributed by atoms with Crippen LogP contribution in [0, 0.1) is 0 Å². The van der Waals surface area contributed by atoms with Gasteiger partial charge in [-0.1, -0.05) is 30.3 Å². The third kappa shape index (κ3) is 2.75. The average Bonchev–Trinajstić information content (AvgIpc) is 3.23. The van der Waals surface area contributed by atoms with Crippen molar-refractivity contribution in [3.63, 3.8) is 0 Å². The molecule has 134 valence electrons. The molecule has 0 spiro atoms. The first-order valence-corrected chi connectivity index (χ1v) is 8.60. The van der Waals surface area contributed by atoms with Gasteiger partial charge < -0.3 is 20.1 Å². The van der Waals surface area contributed by atoms with E-state index in [1.165, 1.54) is 4.90 Å². The minimum atomic E-state index is -0.717. The van der Waals surface area contributed by atoms with E-state index in [9.17, 15) is 14.4 Å². The molecular formula is C19H20N4O3. The van der Waals surface area contributed by atoms with Gasteiger partial charge in [-0.2, -0.15) is 0 Å². The Bertz CT molecular complexity index is 861. The molecule has 0 saturated heterocycles. The fourth-order valence-corrected chi connectivity index (χ4v) is 3.78. The smallest absolute Gasteiger partial charge is 0.318 e. The highest BCUT2D eigenvalue weighted by Crippen LogP contribution is 2.33. The molecule has 7 nitrogen and oxygen atoms in total. The summed E-state index contributed by atoms with van der Waals surface area (Å²) in [6.45, 7) is 0.440. The molecule has 0 bridgehead atoms. The van der Waals surface area contributed by atoms with Crippen LogP contribution in [0.4, 0.5) is 4.79 Å². The maximum Gasteiger partial charge on any atom is 0.318 e. The van der Waals surface area contributed by atoms with Gasteiger partial charge in [0.2, 0.25) is 0 Å². The number of carbonyl (C=O) groups is 3. The molecule has 26 heavy (non-hydrogen) atoms. The summed E-state index contributed by atoms with van der Waals surface area (Å²) in [5, 5.41) is 5.68. The van der Waals surface area contributed by atoms with Gasteiger partial charge in [-0.15, -0.1) is 0 Å². The van der Waals surface area contributed by atoms with Gasteiger partial charge in [-0.3, -0.25) is 9.59 Å². The monoisotopic (exact) mass is 352 g/mol. The second-order valence-corrected chi connectivity index (χ2v) is 6.81. The van der Waals surface area contributed by atoms with Crippen molar-refractivity contribution in [3.05, 3.63) is 59.9 Å². The van der Waals surface area contributed by atoms with Gasteiger partial charge in [0.1, 0.15) is 11.7 Å². The van der Waals surface area contributed by atoms with Crippen molar-refractivity contribution >= 4 is 17.7 Å². The third-order valence-corrected chi connectivity index (χ3v) is 5.09. The molecule has 1 saturated carbocycles. The van der Waals surface area contributed by atoms with Gasteiger partial charge in [0.25, 0.3) is 5.91 Å².